The quantitative estimate of drug-likeness (QED) is 0.839. The van der Waals surface area contributed by atoms with E-state index in [2.05, 4.69) is 15.0 Å². The molecule has 1 aromatic heterocycles. The highest BCUT2D eigenvalue weighted by atomic mass is 19.4. The van der Waals surface area contributed by atoms with Gasteiger partial charge in [0.15, 0.2) is 0 Å². The summed E-state index contributed by atoms with van der Waals surface area (Å²) in [7, 11) is 0. The zero-order valence-electron chi connectivity index (χ0n) is 10.7. The van der Waals surface area contributed by atoms with Gasteiger partial charge in [0, 0.05) is 12.7 Å². The molecule has 0 spiro atoms. The molecule has 110 valence electrons. The number of hydrogen-bond acceptors (Lipinski definition) is 4. The van der Waals surface area contributed by atoms with Gasteiger partial charge in [-0.25, -0.2) is 0 Å². The molecule has 0 radical (unpaired) electrons. The maximum atomic E-state index is 12.3. The van der Waals surface area contributed by atoms with Crippen LogP contribution in [0.15, 0.2) is 18.3 Å². The Morgan fingerprint density at radius 2 is 2.05 bits per heavy atom. The minimum Gasteiger partial charge on any atom is -0.466 e. The van der Waals surface area contributed by atoms with Gasteiger partial charge in [0.2, 0.25) is 0 Å². The van der Waals surface area contributed by atoms with Gasteiger partial charge in [-0.2, -0.15) is 13.2 Å². The number of nitrogens with zero attached hydrogens (tertiary/aromatic N) is 1. The van der Waals surface area contributed by atoms with Crippen molar-refractivity contribution in [2.45, 2.75) is 19.5 Å². The molecule has 1 rings (SSSR count). The predicted octanol–water partition coefficient (Wildman–Crippen LogP) is 1.78. The predicted molar refractivity (Wildman–Crippen MR) is 62.8 cm³/mol. The third kappa shape index (κ3) is 4.87. The highest BCUT2D eigenvalue weighted by molar-refractivity contribution is 5.94. The fourth-order valence-electron chi connectivity index (χ4n) is 1.31. The molecular formula is C12H13F3N2O3. The standard InChI is InChI=1S/C12H13F3N2O3/c1-2-20-10(18)5-6-16-11(19)8-3-4-9(17-7-8)12(13,14)15/h3-4,7H,2,5-6H2,1H3,(H,16,19). The number of amides is 1. The second-order valence-electron chi connectivity index (χ2n) is 3.74. The average Bonchev–Trinajstić information content (AvgIpc) is 2.38. The van der Waals surface area contributed by atoms with Crippen LogP contribution in [0.25, 0.3) is 0 Å². The van der Waals surface area contributed by atoms with Crippen LogP contribution in [0.5, 0.6) is 0 Å². The number of rotatable bonds is 5. The fraction of sp³-hybridized carbons (Fsp3) is 0.417. The number of esters is 1. The van der Waals surface area contributed by atoms with E-state index >= 15 is 0 Å². The molecule has 8 heteroatoms. The molecule has 0 fully saturated rings. The van der Waals surface area contributed by atoms with Gasteiger partial charge in [0.05, 0.1) is 18.6 Å². The van der Waals surface area contributed by atoms with Gasteiger partial charge in [-0.15, -0.1) is 0 Å². The number of pyridine rings is 1. The zero-order valence-corrected chi connectivity index (χ0v) is 10.7. The Bertz CT molecular complexity index is 472. The Morgan fingerprint density at radius 1 is 1.35 bits per heavy atom. The first-order valence-electron chi connectivity index (χ1n) is 5.81. The van der Waals surface area contributed by atoms with Crippen LogP contribution in [-0.2, 0) is 15.7 Å². The number of nitrogens with one attached hydrogen (secondary N) is 1. The van der Waals surface area contributed by atoms with Crippen LogP contribution in [0.1, 0.15) is 29.4 Å². The fourth-order valence-corrected chi connectivity index (χ4v) is 1.31. The molecule has 0 saturated carbocycles. The van der Waals surface area contributed by atoms with E-state index in [1.54, 1.807) is 6.92 Å². The Morgan fingerprint density at radius 3 is 2.55 bits per heavy atom. The third-order valence-corrected chi connectivity index (χ3v) is 2.24. The summed E-state index contributed by atoms with van der Waals surface area (Å²) in [4.78, 5) is 25.7. The van der Waals surface area contributed by atoms with Crippen LogP contribution in [-0.4, -0.2) is 30.0 Å². The molecule has 1 N–H and O–H groups in total. The first-order valence-corrected chi connectivity index (χ1v) is 5.81. The summed E-state index contributed by atoms with van der Waals surface area (Å²) < 4.78 is 41.5. The molecule has 0 saturated heterocycles. The lowest BCUT2D eigenvalue weighted by atomic mass is 10.2. The minimum atomic E-state index is -4.54. The summed E-state index contributed by atoms with van der Waals surface area (Å²) in [6.45, 7) is 1.94. The van der Waals surface area contributed by atoms with Gasteiger partial charge in [-0.1, -0.05) is 0 Å². The molecule has 0 unspecified atom stereocenters. The maximum Gasteiger partial charge on any atom is 0.433 e. The molecule has 0 aliphatic rings. The molecule has 1 heterocycles. The molecule has 0 bridgehead atoms. The second-order valence-corrected chi connectivity index (χ2v) is 3.74. The SMILES string of the molecule is CCOC(=O)CCNC(=O)c1ccc(C(F)(F)F)nc1. The molecule has 0 aliphatic carbocycles. The zero-order chi connectivity index (χ0) is 15.2. The number of aromatic nitrogens is 1. The topological polar surface area (TPSA) is 68.3 Å². The minimum absolute atomic E-state index is 0.00631. The molecule has 0 aromatic carbocycles. The van der Waals surface area contributed by atoms with Crippen LogP contribution < -0.4 is 5.32 Å². The Labute approximate surface area is 113 Å². The third-order valence-electron chi connectivity index (χ3n) is 2.24. The molecule has 1 aromatic rings. The summed E-state index contributed by atoms with van der Waals surface area (Å²) >= 11 is 0. The smallest absolute Gasteiger partial charge is 0.433 e. The van der Waals surface area contributed by atoms with Crippen molar-refractivity contribution in [2.24, 2.45) is 0 Å². The molecule has 0 atom stereocenters. The van der Waals surface area contributed by atoms with Gasteiger partial charge >= 0.3 is 12.1 Å². The van der Waals surface area contributed by atoms with Gasteiger partial charge in [-0.05, 0) is 19.1 Å². The lowest BCUT2D eigenvalue weighted by Gasteiger charge is -2.07. The van der Waals surface area contributed by atoms with Crippen molar-refractivity contribution < 1.29 is 27.5 Å². The van der Waals surface area contributed by atoms with Crippen molar-refractivity contribution in [3.8, 4) is 0 Å². The number of ether oxygens (including phenoxy) is 1. The summed E-state index contributed by atoms with van der Waals surface area (Å²) in [5.74, 6) is -1.06. The molecule has 1 amide bonds. The maximum absolute atomic E-state index is 12.3. The van der Waals surface area contributed by atoms with E-state index in [0.717, 1.165) is 18.3 Å². The van der Waals surface area contributed by atoms with Gasteiger partial charge < -0.3 is 10.1 Å². The van der Waals surface area contributed by atoms with Gasteiger partial charge in [0.25, 0.3) is 5.91 Å². The van der Waals surface area contributed by atoms with E-state index in [4.69, 9.17) is 0 Å². The van der Waals surface area contributed by atoms with Crippen LogP contribution in [0.4, 0.5) is 13.2 Å². The van der Waals surface area contributed by atoms with Gasteiger partial charge in [0.1, 0.15) is 5.69 Å². The van der Waals surface area contributed by atoms with Crippen molar-refractivity contribution in [3.63, 3.8) is 0 Å². The largest absolute Gasteiger partial charge is 0.466 e. The van der Waals surface area contributed by atoms with Crippen molar-refractivity contribution >= 4 is 11.9 Å². The normalized spacial score (nSPS) is 11.0. The number of halogens is 3. The molecular weight excluding hydrogens is 277 g/mol. The highest BCUT2D eigenvalue weighted by Gasteiger charge is 2.32. The Kier molecular flexibility index (Phi) is 5.48. The number of carbonyl (C=O) groups excluding carboxylic acids is 2. The van der Waals surface area contributed by atoms with E-state index in [-0.39, 0.29) is 25.1 Å². The summed E-state index contributed by atoms with van der Waals surface area (Å²) in [5.41, 5.74) is -1.08. The van der Waals surface area contributed by atoms with Crippen LogP contribution >= 0.6 is 0 Å². The lowest BCUT2D eigenvalue weighted by molar-refractivity contribution is -0.143. The average molecular weight is 290 g/mol. The monoisotopic (exact) mass is 290 g/mol. The van der Waals surface area contributed by atoms with Gasteiger partial charge in [-0.3, -0.25) is 14.6 Å². The van der Waals surface area contributed by atoms with E-state index in [0.29, 0.717) is 0 Å². The lowest BCUT2D eigenvalue weighted by Crippen LogP contribution is -2.26. The van der Waals surface area contributed by atoms with Crippen molar-refractivity contribution in [1.29, 1.82) is 0 Å². The van der Waals surface area contributed by atoms with E-state index in [1.165, 1.54) is 0 Å². The number of alkyl halides is 3. The van der Waals surface area contributed by atoms with E-state index < -0.39 is 23.7 Å². The molecule has 20 heavy (non-hydrogen) atoms. The van der Waals surface area contributed by atoms with Crippen LogP contribution in [0.2, 0.25) is 0 Å². The Hall–Kier alpha value is -2.12. The first kappa shape index (κ1) is 15.9. The Balaban J connectivity index is 2.50. The van der Waals surface area contributed by atoms with Crippen molar-refractivity contribution in [3.05, 3.63) is 29.6 Å². The second kappa shape index (κ2) is 6.88. The summed E-state index contributed by atoms with van der Waals surface area (Å²) in [6.07, 6.45) is -3.71. The van der Waals surface area contributed by atoms with Crippen LogP contribution in [0, 0.1) is 0 Å². The summed E-state index contributed by atoms with van der Waals surface area (Å²) in [5, 5.41) is 2.39. The van der Waals surface area contributed by atoms with Crippen molar-refractivity contribution in [2.75, 3.05) is 13.2 Å². The first-order chi connectivity index (χ1) is 9.34. The molecule has 5 nitrogen and oxygen atoms in total. The number of carbonyl (C=O) groups is 2. The van der Waals surface area contributed by atoms with Crippen LogP contribution in [0.3, 0.4) is 0 Å². The van der Waals surface area contributed by atoms with E-state index in [9.17, 15) is 22.8 Å². The molecule has 0 aliphatic heterocycles. The summed E-state index contributed by atoms with van der Waals surface area (Å²) in [6, 6.07) is 1.75. The highest BCUT2D eigenvalue weighted by Crippen LogP contribution is 2.27. The van der Waals surface area contributed by atoms with E-state index in [1.807, 2.05) is 0 Å². The van der Waals surface area contributed by atoms with Crippen molar-refractivity contribution in [1.82, 2.24) is 10.3 Å². The number of hydrogen-bond donors (Lipinski definition) is 1.